The molecule has 1 atom stereocenters. The maximum Gasteiger partial charge on any atom is 0.186 e. The fourth-order valence-corrected chi connectivity index (χ4v) is 2.86. The Morgan fingerprint density at radius 2 is 2.54 bits per heavy atom. The van der Waals surface area contributed by atoms with Crippen molar-refractivity contribution in [2.75, 3.05) is 18.0 Å². The summed E-state index contributed by atoms with van der Waals surface area (Å²) in [4.78, 5) is 6.64. The van der Waals surface area contributed by atoms with Crippen LogP contribution in [0.4, 0.5) is 5.13 Å². The van der Waals surface area contributed by atoms with Crippen LogP contribution < -0.4 is 10.6 Å². The molecule has 72 valence electrons. The van der Waals surface area contributed by atoms with Gasteiger partial charge in [-0.15, -0.1) is 11.3 Å². The van der Waals surface area contributed by atoms with Crippen molar-refractivity contribution in [1.29, 1.82) is 0 Å². The summed E-state index contributed by atoms with van der Waals surface area (Å²) in [6.45, 7) is 2.04. The minimum atomic E-state index is 0.316. The maximum absolute atomic E-state index is 5.89. The van der Waals surface area contributed by atoms with Crippen molar-refractivity contribution in [3.63, 3.8) is 0 Å². The third-order valence-electron chi connectivity index (χ3n) is 2.19. The zero-order valence-electron chi connectivity index (χ0n) is 7.24. The molecule has 0 aromatic carbocycles. The number of nitrogens with two attached hydrogens (primary N) is 1. The predicted octanol–water partition coefficient (Wildman–Crippen LogP) is 1.83. The average Bonchev–Trinajstić information content (AvgIpc) is 2.52. The topological polar surface area (TPSA) is 42.1 Å². The summed E-state index contributed by atoms with van der Waals surface area (Å²) in [6, 6.07) is 0.316. The number of aromatic nitrogens is 1. The highest BCUT2D eigenvalue weighted by Gasteiger charge is 2.18. The van der Waals surface area contributed by atoms with Gasteiger partial charge in [0.05, 0.1) is 0 Å². The monoisotopic (exact) mass is 261 g/mol. The van der Waals surface area contributed by atoms with Crippen LogP contribution in [0.25, 0.3) is 0 Å². The van der Waals surface area contributed by atoms with Crippen molar-refractivity contribution in [2.24, 2.45) is 5.73 Å². The lowest BCUT2D eigenvalue weighted by Crippen LogP contribution is -2.42. The Labute approximate surface area is 90.1 Å². The van der Waals surface area contributed by atoms with E-state index in [9.17, 15) is 0 Å². The molecule has 1 saturated heterocycles. The van der Waals surface area contributed by atoms with E-state index in [2.05, 4.69) is 25.8 Å². The summed E-state index contributed by atoms with van der Waals surface area (Å²) < 4.78 is 0.923. The Morgan fingerprint density at radius 1 is 1.69 bits per heavy atom. The van der Waals surface area contributed by atoms with Crippen LogP contribution in [0.2, 0.25) is 0 Å². The van der Waals surface area contributed by atoms with E-state index in [1.54, 1.807) is 11.3 Å². The summed E-state index contributed by atoms with van der Waals surface area (Å²) in [6.07, 6.45) is 2.32. The lowest BCUT2D eigenvalue weighted by molar-refractivity contribution is 0.505. The first kappa shape index (κ1) is 9.43. The molecule has 0 bridgehead atoms. The molecule has 5 heteroatoms. The number of anilines is 1. The van der Waals surface area contributed by atoms with Crippen LogP contribution in [-0.4, -0.2) is 24.1 Å². The molecular weight excluding hydrogens is 250 g/mol. The van der Waals surface area contributed by atoms with Gasteiger partial charge in [0.15, 0.2) is 5.13 Å². The van der Waals surface area contributed by atoms with E-state index in [4.69, 9.17) is 5.73 Å². The van der Waals surface area contributed by atoms with Gasteiger partial charge in [0.2, 0.25) is 0 Å². The second kappa shape index (κ2) is 3.94. The Morgan fingerprint density at radius 3 is 3.15 bits per heavy atom. The van der Waals surface area contributed by atoms with Crippen LogP contribution in [-0.2, 0) is 0 Å². The van der Waals surface area contributed by atoms with E-state index >= 15 is 0 Å². The predicted molar refractivity (Wildman–Crippen MR) is 59.2 cm³/mol. The van der Waals surface area contributed by atoms with Crippen molar-refractivity contribution in [2.45, 2.75) is 18.9 Å². The van der Waals surface area contributed by atoms with E-state index in [1.807, 2.05) is 5.38 Å². The summed E-state index contributed by atoms with van der Waals surface area (Å²) >= 11 is 5.03. The Bertz CT molecular complexity index is 289. The summed E-state index contributed by atoms with van der Waals surface area (Å²) in [5, 5.41) is 3.09. The molecule has 1 unspecified atom stereocenters. The second-order valence-electron chi connectivity index (χ2n) is 3.30. The van der Waals surface area contributed by atoms with Gasteiger partial charge in [-0.1, -0.05) is 0 Å². The third kappa shape index (κ3) is 2.21. The standard InChI is InChI=1S/C8H12BrN3S/c9-7-5-13-8(11-7)12-3-1-2-6(10)4-12/h5-6H,1-4,10H2. The van der Waals surface area contributed by atoms with Crippen molar-refractivity contribution in [3.05, 3.63) is 9.98 Å². The summed E-state index contributed by atoms with van der Waals surface area (Å²) in [5.41, 5.74) is 5.89. The van der Waals surface area contributed by atoms with Gasteiger partial charge in [0.1, 0.15) is 4.60 Å². The summed E-state index contributed by atoms with van der Waals surface area (Å²) in [7, 11) is 0. The van der Waals surface area contributed by atoms with E-state index < -0.39 is 0 Å². The van der Waals surface area contributed by atoms with Gasteiger partial charge in [0, 0.05) is 24.5 Å². The fraction of sp³-hybridized carbons (Fsp3) is 0.625. The molecule has 0 aliphatic carbocycles. The van der Waals surface area contributed by atoms with Crippen molar-refractivity contribution < 1.29 is 0 Å². The normalized spacial score (nSPS) is 23.5. The molecule has 1 fully saturated rings. The molecule has 1 aliphatic heterocycles. The molecule has 2 rings (SSSR count). The van der Waals surface area contributed by atoms with Crippen LogP contribution in [0.3, 0.4) is 0 Å². The third-order valence-corrected chi connectivity index (χ3v) is 3.80. The minimum absolute atomic E-state index is 0.316. The first-order chi connectivity index (χ1) is 6.25. The number of halogens is 1. The van der Waals surface area contributed by atoms with Crippen molar-refractivity contribution >= 4 is 32.4 Å². The van der Waals surface area contributed by atoms with E-state index in [-0.39, 0.29) is 0 Å². The van der Waals surface area contributed by atoms with Gasteiger partial charge in [-0.25, -0.2) is 4.98 Å². The molecule has 3 nitrogen and oxygen atoms in total. The second-order valence-corrected chi connectivity index (χ2v) is 4.95. The van der Waals surface area contributed by atoms with Gasteiger partial charge in [-0.2, -0.15) is 0 Å². The van der Waals surface area contributed by atoms with E-state index in [1.165, 1.54) is 6.42 Å². The molecule has 0 saturated carbocycles. The van der Waals surface area contributed by atoms with E-state index in [0.717, 1.165) is 29.2 Å². The van der Waals surface area contributed by atoms with Crippen LogP contribution >= 0.6 is 27.3 Å². The van der Waals surface area contributed by atoms with Crippen molar-refractivity contribution in [3.8, 4) is 0 Å². The zero-order chi connectivity index (χ0) is 9.26. The van der Waals surface area contributed by atoms with Crippen LogP contribution in [0.5, 0.6) is 0 Å². The Balaban J connectivity index is 2.08. The van der Waals surface area contributed by atoms with Crippen LogP contribution in [0.15, 0.2) is 9.98 Å². The van der Waals surface area contributed by atoms with Crippen molar-refractivity contribution in [1.82, 2.24) is 4.98 Å². The van der Waals surface area contributed by atoms with Gasteiger partial charge >= 0.3 is 0 Å². The van der Waals surface area contributed by atoms with E-state index in [0.29, 0.717) is 6.04 Å². The zero-order valence-corrected chi connectivity index (χ0v) is 9.64. The highest BCUT2D eigenvalue weighted by molar-refractivity contribution is 9.10. The maximum atomic E-state index is 5.89. The molecule has 2 heterocycles. The molecule has 2 N–H and O–H groups in total. The Hall–Kier alpha value is -0.130. The van der Waals surface area contributed by atoms with Crippen LogP contribution in [0, 0.1) is 0 Å². The number of thiazole rings is 1. The molecule has 1 aliphatic rings. The molecule has 0 spiro atoms. The highest BCUT2D eigenvalue weighted by Crippen LogP contribution is 2.25. The number of hydrogen-bond donors (Lipinski definition) is 1. The lowest BCUT2D eigenvalue weighted by Gasteiger charge is -2.30. The smallest absolute Gasteiger partial charge is 0.186 e. The first-order valence-electron chi connectivity index (χ1n) is 4.37. The number of hydrogen-bond acceptors (Lipinski definition) is 4. The van der Waals surface area contributed by atoms with Gasteiger partial charge in [-0.3, -0.25) is 0 Å². The largest absolute Gasteiger partial charge is 0.347 e. The quantitative estimate of drug-likeness (QED) is 0.839. The SMILES string of the molecule is NC1CCCN(c2nc(Br)cs2)C1. The molecule has 1 aromatic rings. The first-order valence-corrected chi connectivity index (χ1v) is 6.04. The molecule has 13 heavy (non-hydrogen) atoms. The fourth-order valence-electron chi connectivity index (χ4n) is 1.57. The Kier molecular flexibility index (Phi) is 2.86. The number of rotatable bonds is 1. The molecule has 1 aromatic heterocycles. The number of piperidine rings is 1. The lowest BCUT2D eigenvalue weighted by atomic mass is 10.1. The molecule has 0 amide bonds. The minimum Gasteiger partial charge on any atom is -0.347 e. The van der Waals surface area contributed by atoms with Crippen LogP contribution in [0.1, 0.15) is 12.8 Å². The van der Waals surface area contributed by atoms with Gasteiger partial charge in [-0.05, 0) is 28.8 Å². The summed E-state index contributed by atoms with van der Waals surface area (Å²) in [5.74, 6) is 0. The van der Waals surface area contributed by atoms with Gasteiger partial charge < -0.3 is 10.6 Å². The molecule has 0 radical (unpaired) electrons. The highest BCUT2D eigenvalue weighted by atomic mass is 79.9. The average molecular weight is 262 g/mol. The number of nitrogens with zero attached hydrogens (tertiary/aromatic N) is 2. The van der Waals surface area contributed by atoms with Gasteiger partial charge in [0.25, 0.3) is 0 Å². The molecular formula is C8H12BrN3S.